The summed E-state index contributed by atoms with van der Waals surface area (Å²) in [6.07, 6.45) is 6.53. The number of hydrogen-bond donors (Lipinski definition) is 3. The third kappa shape index (κ3) is 7.77. The molecule has 1 saturated heterocycles. The Balaban J connectivity index is 1.17. The van der Waals surface area contributed by atoms with Gasteiger partial charge in [-0.05, 0) is 67.8 Å². The number of ether oxygens (including phenoxy) is 1. The number of nitrogens with zero attached hydrogens (tertiary/aromatic N) is 6. The number of rotatable bonds is 11. The van der Waals surface area contributed by atoms with Crippen molar-refractivity contribution in [2.24, 2.45) is 21.6 Å². The van der Waals surface area contributed by atoms with E-state index in [1.165, 1.54) is 11.9 Å². The second-order valence-corrected chi connectivity index (χ2v) is 11.8. The first-order valence-corrected chi connectivity index (χ1v) is 16.1. The van der Waals surface area contributed by atoms with Crippen molar-refractivity contribution in [3.8, 4) is 5.75 Å². The van der Waals surface area contributed by atoms with Crippen molar-refractivity contribution in [1.29, 1.82) is 5.41 Å². The molecule has 0 radical (unpaired) electrons. The Hall–Kier alpha value is -5.36. The normalized spacial score (nSPS) is 17.0. The molecular formula is C36H43N9O3. The molecule has 5 N–H and O–H groups in total. The molecule has 12 nitrogen and oxygen atoms in total. The fourth-order valence-electron chi connectivity index (χ4n) is 6.08. The molecular weight excluding hydrogens is 606 g/mol. The highest BCUT2D eigenvalue weighted by Gasteiger charge is 2.33. The number of methoxy groups -OCH3 is 1. The maximum absolute atomic E-state index is 13.8. The number of nitrogen functional groups attached to an aromatic ring is 1. The van der Waals surface area contributed by atoms with Gasteiger partial charge in [-0.3, -0.25) is 29.9 Å². The summed E-state index contributed by atoms with van der Waals surface area (Å²) in [6.45, 7) is 5.07. The molecule has 1 aromatic heterocycles. The topological polar surface area (TPSA) is 167 Å². The average molecular weight is 650 g/mol. The molecule has 2 aromatic carbocycles. The highest BCUT2D eigenvalue weighted by molar-refractivity contribution is 6.13. The van der Waals surface area contributed by atoms with Crippen LogP contribution >= 0.6 is 0 Å². The quantitative estimate of drug-likeness (QED) is 0.163. The van der Waals surface area contributed by atoms with Gasteiger partial charge in [-0.15, -0.1) is 0 Å². The summed E-state index contributed by atoms with van der Waals surface area (Å²) in [6, 6.07) is 16.7. The highest BCUT2D eigenvalue weighted by atomic mass is 16.5. The van der Waals surface area contributed by atoms with Gasteiger partial charge in [-0.25, -0.2) is 4.99 Å². The van der Waals surface area contributed by atoms with Crippen LogP contribution in [0.1, 0.15) is 42.1 Å². The zero-order chi connectivity index (χ0) is 34.2. The fraction of sp³-hybridized carbons (Fsp3) is 0.333. The lowest BCUT2D eigenvalue weighted by Gasteiger charge is -2.29. The number of likely N-dealkylation sites (tertiary alicyclic amines) is 1. The van der Waals surface area contributed by atoms with Crippen molar-refractivity contribution in [3.63, 3.8) is 0 Å². The molecule has 2 amide bonds. The van der Waals surface area contributed by atoms with Crippen molar-refractivity contribution in [2.75, 3.05) is 64.1 Å². The third-order valence-corrected chi connectivity index (χ3v) is 8.83. The summed E-state index contributed by atoms with van der Waals surface area (Å²) in [5.74, 6) is 0.844. The number of hydrogen-bond acceptors (Lipinski definition) is 8. The minimum Gasteiger partial charge on any atom is -0.495 e. The number of nitrogens with one attached hydrogen (secondary N) is 1. The Kier molecular flexibility index (Phi) is 11.0. The van der Waals surface area contributed by atoms with E-state index in [0.29, 0.717) is 73.4 Å². The van der Waals surface area contributed by atoms with Gasteiger partial charge in [0.2, 0.25) is 11.8 Å². The summed E-state index contributed by atoms with van der Waals surface area (Å²) >= 11 is 0. The van der Waals surface area contributed by atoms with Gasteiger partial charge in [0, 0.05) is 55.7 Å². The number of nitrogens with two attached hydrogens (primary N) is 2. The standard InChI is InChI=1S/C36H43N9O3/c1-4-45(28-9-11-31(37)30(19-28)34(38)32-12-10-29(48-3)20-41-32)36(47)27-13-16-43(21-27)22-33(46)44-17-14-25(15-18-44)24-5-7-26(8-6-24)35(39)42-23-40-2/h5-12,14,19-20,23,27,38H,4,13,15-18,21-22,37H2,1-3H3,(H2,39,40,42)/t27-/m1/s1. The van der Waals surface area contributed by atoms with Crippen molar-refractivity contribution in [2.45, 2.75) is 19.8 Å². The van der Waals surface area contributed by atoms with E-state index >= 15 is 0 Å². The van der Waals surface area contributed by atoms with Gasteiger partial charge in [0.15, 0.2) is 0 Å². The van der Waals surface area contributed by atoms with Crippen LogP contribution < -0.4 is 21.1 Å². The van der Waals surface area contributed by atoms with Crippen molar-refractivity contribution < 1.29 is 14.3 Å². The van der Waals surface area contributed by atoms with E-state index in [4.69, 9.17) is 21.6 Å². The lowest BCUT2D eigenvalue weighted by atomic mass is 9.98. The predicted octanol–water partition coefficient (Wildman–Crippen LogP) is 3.44. The minimum absolute atomic E-state index is 0.000336. The molecule has 48 heavy (non-hydrogen) atoms. The van der Waals surface area contributed by atoms with Crippen molar-refractivity contribution in [3.05, 3.63) is 89.3 Å². The maximum Gasteiger partial charge on any atom is 0.237 e. The Morgan fingerprint density at radius 1 is 1.15 bits per heavy atom. The van der Waals surface area contributed by atoms with Gasteiger partial charge in [-0.2, -0.15) is 0 Å². The van der Waals surface area contributed by atoms with E-state index in [0.717, 1.165) is 17.5 Å². The number of amides is 2. The first kappa shape index (κ1) is 34.0. The predicted molar refractivity (Wildman–Crippen MR) is 191 cm³/mol. The van der Waals surface area contributed by atoms with Crippen LogP contribution in [0.15, 0.2) is 76.9 Å². The van der Waals surface area contributed by atoms with Crippen LogP contribution in [0.4, 0.5) is 11.4 Å². The summed E-state index contributed by atoms with van der Waals surface area (Å²) in [5, 5.41) is 8.73. The molecule has 3 aromatic rings. The molecule has 0 spiro atoms. The molecule has 3 heterocycles. The van der Waals surface area contributed by atoms with Crippen molar-refractivity contribution in [1.82, 2.24) is 14.8 Å². The third-order valence-electron chi connectivity index (χ3n) is 8.83. The van der Waals surface area contributed by atoms with E-state index in [9.17, 15) is 9.59 Å². The molecule has 1 fully saturated rings. The van der Waals surface area contributed by atoms with Crippen LogP contribution in [0, 0.1) is 11.3 Å². The van der Waals surface area contributed by atoms with Crippen LogP contribution in [-0.4, -0.2) is 97.9 Å². The van der Waals surface area contributed by atoms with Gasteiger partial charge in [0.1, 0.15) is 17.9 Å². The number of carbonyl (C=O) groups is 2. The van der Waals surface area contributed by atoms with E-state index in [1.807, 2.05) is 42.2 Å². The SMILES string of the molecule is CCN(C(=O)[C@@H]1CCN(CC(=O)N2CC=C(c3ccc(C(N)=NC=NC)cc3)CC2)C1)c1ccc(N)c(C(=N)c2ccc(OC)cn2)c1. The zero-order valence-electron chi connectivity index (χ0n) is 27.7. The summed E-state index contributed by atoms with van der Waals surface area (Å²) in [5.41, 5.74) is 17.6. The Morgan fingerprint density at radius 2 is 1.94 bits per heavy atom. The Morgan fingerprint density at radius 3 is 2.58 bits per heavy atom. The lowest BCUT2D eigenvalue weighted by molar-refractivity contribution is -0.132. The van der Waals surface area contributed by atoms with E-state index in [2.05, 4.69) is 25.9 Å². The van der Waals surface area contributed by atoms with Gasteiger partial charge >= 0.3 is 0 Å². The number of aromatic nitrogens is 1. The van der Waals surface area contributed by atoms with Gasteiger partial charge in [-0.1, -0.05) is 30.3 Å². The molecule has 2 aliphatic heterocycles. The van der Waals surface area contributed by atoms with E-state index in [1.54, 1.807) is 49.5 Å². The molecule has 12 heteroatoms. The van der Waals surface area contributed by atoms with Crippen LogP contribution in [0.5, 0.6) is 5.75 Å². The van der Waals surface area contributed by atoms with Crippen molar-refractivity contribution >= 4 is 46.6 Å². The largest absolute Gasteiger partial charge is 0.495 e. The van der Waals surface area contributed by atoms with Crippen LogP contribution in [0.3, 0.4) is 0 Å². The van der Waals surface area contributed by atoms with E-state index in [-0.39, 0.29) is 30.0 Å². The molecule has 1 atom stereocenters. The number of aliphatic imine (C=N–C) groups is 2. The summed E-state index contributed by atoms with van der Waals surface area (Å²) in [4.78, 5) is 45.0. The lowest BCUT2D eigenvalue weighted by Crippen LogP contribution is -2.42. The molecule has 0 bridgehead atoms. The molecule has 0 aliphatic carbocycles. The summed E-state index contributed by atoms with van der Waals surface area (Å²) in [7, 11) is 3.20. The first-order chi connectivity index (χ1) is 23.2. The summed E-state index contributed by atoms with van der Waals surface area (Å²) < 4.78 is 5.18. The van der Waals surface area contributed by atoms with Crippen LogP contribution in [0.25, 0.3) is 5.57 Å². The number of benzene rings is 2. The number of carbonyl (C=O) groups excluding carboxylic acids is 2. The second-order valence-electron chi connectivity index (χ2n) is 11.8. The Bertz CT molecular complexity index is 1730. The second kappa shape index (κ2) is 15.5. The molecule has 5 rings (SSSR count). The zero-order valence-corrected chi connectivity index (χ0v) is 27.7. The highest BCUT2D eigenvalue weighted by Crippen LogP contribution is 2.28. The Labute approximate surface area is 281 Å². The van der Waals surface area contributed by atoms with Gasteiger partial charge < -0.3 is 26.0 Å². The maximum atomic E-state index is 13.8. The first-order valence-electron chi connectivity index (χ1n) is 16.1. The molecule has 250 valence electrons. The van der Waals surface area contributed by atoms with Gasteiger partial charge in [0.05, 0.1) is 37.2 Å². The molecule has 2 aliphatic rings. The smallest absolute Gasteiger partial charge is 0.237 e. The number of pyridine rings is 1. The molecule has 0 unspecified atom stereocenters. The van der Waals surface area contributed by atoms with Crippen LogP contribution in [-0.2, 0) is 9.59 Å². The van der Waals surface area contributed by atoms with E-state index < -0.39 is 0 Å². The fourth-order valence-corrected chi connectivity index (χ4v) is 6.08. The monoisotopic (exact) mass is 649 g/mol. The number of amidine groups is 1. The minimum atomic E-state index is -0.231. The number of anilines is 2. The van der Waals surface area contributed by atoms with Gasteiger partial charge in [0.25, 0.3) is 0 Å². The van der Waals surface area contributed by atoms with Crippen LogP contribution in [0.2, 0.25) is 0 Å². The average Bonchev–Trinajstić information content (AvgIpc) is 3.59. The molecule has 0 saturated carbocycles.